The van der Waals surface area contributed by atoms with Gasteiger partial charge in [-0.2, -0.15) is 5.26 Å². The molecule has 0 amide bonds. The van der Waals surface area contributed by atoms with Crippen LogP contribution in [0.15, 0.2) is 53.0 Å². The van der Waals surface area contributed by atoms with Gasteiger partial charge in [0.1, 0.15) is 11.8 Å². The molecule has 2 aromatic rings. The molecule has 0 aliphatic carbocycles. The maximum absolute atomic E-state index is 12.3. The van der Waals surface area contributed by atoms with Gasteiger partial charge in [0, 0.05) is 15.6 Å². The molecular formula is C15H10BrNO2. The maximum Gasteiger partial charge on any atom is 0.194 e. The average molecular weight is 316 g/mol. The monoisotopic (exact) mass is 315 g/mol. The van der Waals surface area contributed by atoms with E-state index in [-0.39, 0.29) is 12.4 Å². The van der Waals surface area contributed by atoms with Crippen molar-refractivity contribution in [2.45, 2.75) is 0 Å². The standard InChI is InChI=1S/C15H10BrNO2/c16-14-10-12(19-9-8-17)6-7-13(14)15(18)11-4-2-1-3-5-11/h1-7,10H,9H2. The zero-order valence-corrected chi connectivity index (χ0v) is 11.6. The lowest BCUT2D eigenvalue weighted by Crippen LogP contribution is -2.02. The quantitative estimate of drug-likeness (QED) is 0.810. The van der Waals surface area contributed by atoms with E-state index in [1.807, 2.05) is 24.3 Å². The van der Waals surface area contributed by atoms with Crippen molar-refractivity contribution in [2.75, 3.05) is 6.61 Å². The molecule has 0 saturated heterocycles. The van der Waals surface area contributed by atoms with E-state index in [4.69, 9.17) is 10.00 Å². The van der Waals surface area contributed by atoms with Gasteiger partial charge in [0.15, 0.2) is 12.4 Å². The molecule has 0 atom stereocenters. The van der Waals surface area contributed by atoms with Gasteiger partial charge in [0.2, 0.25) is 0 Å². The minimum absolute atomic E-state index is 0.0155. The molecule has 0 aliphatic rings. The van der Waals surface area contributed by atoms with Crippen molar-refractivity contribution in [1.29, 1.82) is 5.26 Å². The summed E-state index contributed by atoms with van der Waals surface area (Å²) in [5.74, 6) is 0.498. The predicted octanol–water partition coefficient (Wildman–Crippen LogP) is 3.58. The minimum atomic E-state index is -0.0562. The second-order valence-corrected chi connectivity index (χ2v) is 4.64. The van der Waals surface area contributed by atoms with E-state index in [2.05, 4.69) is 15.9 Å². The Morgan fingerprint density at radius 3 is 2.58 bits per heavy atom. The third-order valence-corrected chi connectivity index (χ3v) is 3.18. The number of rotatable bonds is 4. The molecule has 2 rings (SSSR count). The highest BCUT2D eigenvalue weighted by Crippen LogP contribution is 2.25. The highest BCUT2D eigenvalue weighted by atomic mass is 79.9. The first-order valence-electron chi connectivity index (χ1n) is 5.61. The summed E-state index contributed by atoms with van der Waals surface area (Å²) in [4.78, 5) is 12.3. The summed E-state index contributed by atoms with van der Waals surface area (Å²) in [5, 5.41) is 8.45. The van der Waals surface area contributed by atoms with E-state index < -0.39 is 0 Å². The summed E-state index contributed by atoms with van der Waals surface area (Å²) in [5.41, 5.74) is 1.20. The Bertz CT molecular complexity index is 632. The molecule has 0 aliphatic heterocycles. The number of carbonyl (C=O) groups excluding carboxylic acids is 1. The first kappa shape index (κ1) is 13.3. The van der Waals surface area contributed by atoms with E-state index in [0.29, 0.717) is 21.3 Å². The van der Waals surface area contributed by atoms with Crippen LogP contribution >= 0.6 is 15.9 Å². The molecule has 4 heteroatoms. The van der Waals surface area contributed by atoms with Crippen LogP contribution in [0.25, 0.3) is 0 Å². The van der Waals surface area contributed by atoms with Crippen LogP contribution in [-0.4, -0.2) is 12.4 Å². The summed E-state index contributed by atoms with van der Waals surface area (Å²) in [6.07, 6.45) is 0. The molecule has 0 saturated carbocycles. The Kier molecular flexibility index (Phi) is 4.32. The number of ketones is 1. The topological polar surface area (TPSA) is 50.1 Å². The second-order valence-electron chi connectivity index (χ2n) is 3.78. The van der Waals surface area contributed by atoms with Crippen molar-refractivity contribution in [2.24, 2.45) is 0 Å². The molecule has 2 aromatic carbocycles. The summed E-state index contributed by atoms with van der Waals surface area (Å²) in [6, 6.07) is 16.0. The lowest BCUT2D eigenvalue weighted by atomic mass is 10.0. The smallest absolute Gasteiger partial charge is 0.194 e. The van der Waals surface area contributed by atoms with Gasteiger partial charge >= 0.3 is 0 Å². The Morgan fingerprint density at radius 2 is 1.95 bits per heavy atom. The van der Waals surface area contributed by atoms with Gasteiger partial charge in [-0.05, 0) is 34.1 Å². The van der Waals surface area contributed by atoms with Crippen LogP contribution in [0.4, 0.5) is 0 Å². The maximum atomic E-state index is 12.3. The van der Waals surface area contributed by atoms with Gasteiger partial charge in [-0.1, -0.05) is 30.3 Å². The Balaban J connectivity index is 2.27. The second kappa shape index (κ2) is 6.17. The normalized spacial score (nSPS) is 9.68. The highest BCUT2D eigenvalue weighted by molar-refractivity contribution is 9.10. The number of nitrogens with zero attached hydrogens (tertiary/aromatic N) is 1. The van der Waals surface area contributed by atoms with Crippen molar-refractivity contribution in [3.05, 3.63) is 64.1 Å². The minimum Gasteiger partial charge on any atom is -0.479 e. The number of ether oxygens (including phenoxy) is 1. The van der Waals surface area contributed by atoms with Crippen molar-refractivity contribution >= 4 is 21.7 Å². The summed E-state index contributed by atoms with van der Waals surface area (Å²) < 4.78 is 5.82. The number of nitriles is 1. The number of hydrogen-bond donors (Lipinski definition) is 0. The van der Waals surface area contributed by atoms with E-state index in [9.17, 15) is 4.79 Å². The first-order valence-corrected chi connectivity index (χ1v) is 6.40. The van der Waals surface area contributed by atoms with Crippen LogP contribution in [0.5, 0.6) is 5.75 Å². The first-order chi connectivity index (χ1) is 9.22. The van der Waals surface area contributed by atoms with Gasteiger partial charge in [-0.15, -0.1) is 0 Å². The summed E-state index contributed by atoms with van der Waals surface area (Å²) >= 11 is 3.35. The number of halogens is 1. The zero-order valence-electron chi connectivity index (χ0n) is 9.97. The van der Waals surface area contributed by atoms with Gasteiger partial charge in [0.25, 0.3) is 0 Å². The lowest BCUT2D eigenvalue weighted by molar-refractivity contribution is 0.103. The van der Waals surface area contributed by atoms with E-state index in [1.165, 1.54) is 0 Å². The van der Waals surface area contributed by atoms with Gasteiger partial charge in [0.05, 0.1) is 0 Å². The number of benzene rings is 2. The molecule has 0 aromatic heterocycles. The zero-order chi connectivity index (χ0) is 13.7. The highest BCUT2D eigenvalue weighted by Gasteiger charge is 2.12. The third-order valence-electron chi connectivity index (χ3n) is 2.52. The van der Waals surface area contributed by atoms with Crippen LogP contribution < -0.4 is 4.74 Å². The molecule has 0 spiro atoms. The van der Waals surface area contributed by atoms with Crippen LogP contribution in [0.1, 0.15) is 15.9 Å². The van der Waals surface area contributed by atoms with E-state index >= 15 is 0 Å². The Hall–Kier alpha value is -2.12. The fraction of sp³-hybridized carbons (Fsp3) is 0.0667. The molecule has 0 heterocycles. The van der Waals surface area contributed by atoms with Crippen LogP contribution in [-0.2, 0) is 0 Å². The largest absolute Gasteiger partial charge is 0.479 e. The summed E-state index contributed by atoms with van der Waals surface area (Å²) in [6.45, 7) is -0.0155. The van der Waals surface area contributed by atoms with Gasteiger partial charge in [-0.3, -0.25) is 4.79 Å². The molecule has 0 bridgehead atoms. The van der Waals surface area contributed by atoms with Gasteiger partial charge < -0.3 is 4.74 Å². The number of hydrogen-bond acceptors (Lipinski definition) is 3. The predicted molar refractivity (Wildman–Crippen MR) is 75.1 cm³/mol. The summed E-state index contributed by atoms with van der Waals surface area (Å²) in [7, 11) is 0. The van der Waals surface area contributed by atoms with Crippen molar-refractivity contribution in [3.63, 3.8) is 0 Å². The molecule has 3 nitrogen and oxygen atoms in total. The molecule has 0 unspecified atom stereocenters. The lowest BCUT2D eigenvalue weighted by Gasteiger charge is -2.07. The van der Waals surface area contributed by atoms with E-state index in [0.717, 1.165) is 0 Å². The third kappa shape index (κ3) is 3.21. The number of carbonyl (C=O) groups is 1. The van der Waals surface area contributed by atoms with Gasteiger partial charge in [-0.25, -0.2) is 0 Å². The van der Waals surface area contributed by atoms with Crippen molar-refractivity contribution in [3.8, 4) is 11.8 Å². The Labute approximate surface area is 119 Å². The Morgan fingerprint density at radius 1 is 1.21 bits per heavy atom. The molecule has 0 fully saturated rings. The fourth-order valence-corrected chi connectivity index (χ4v) is 2.17. The molecule has 0 N–H and O–H groups in total. The molecule has 94 valence electrons. The molecule has 0 radical (unpaired) electrons. The van der Waals surface area contributed by atoms with Crippen molar-refractivity contribution in [1.82, 2.24) is 0 Å². The van der Waals surface area contributed by atoms with E-state index in [1.54, 1.807) is 30.3 Å². The SMILES string of the molecule is N#CCOc1ccc(C(=O)c2ccccc2)c(Br)c1. The van der Waals surface area contributed by atoms with Crippen molar-refractivity contribution < 1.29 is 9.53 Å². The molecule has 19 heavy (non-hydrogen) atoms. The van der Waals surface area contributed by atoms with Crippen LogP contribution in [0.2, 0.25) is 0 Å². The molecular weight excluding hydrogens is 306 g/mol. The van der Waals surface area contributed by atoms with Crippen LogP contribution in [0.3, 0.4) is 0 Å². The average Bonchev–Trinajstić information content (AvgIpc) is 2.45. The van der Waals surface area contributed by atoms with Crippen LogP contribution in [0, 0.1) is 11.3 Å². The fourth-order valence-electron chi connectivity index (χ4n) is 1.63.